The minimum Gasteiger partial charge on any atom is -0.497 e. The Balaban J connectivity index is 2.19. The van der Waals surface area contributed by atoms with E-state index >= 15 is 0 Å². The summed E-state index contributed by atoms with van der Waals surface area (Å²) >= 11 is 0. The summed E-state index contributed by atoms with van der Waals surface area (Å²) in [4.78, 5) is 14.5. The number of rotatable bonds is 8. The molecule has 0 radical (unpaired) electrons. The third-order valence-electron chi connectivity index (χ3n) is 4.18. The number of carbonyl (C=O) groups excluding carboxylic acids is 1. The van der Waals surface area contributed by atoms with Gasteiger partial charge in [0, 0.05) is 18.6 Å². The van der Waals surface area contributed by atoms with E-state index in [4.69, 9.17) is 8.92 Å². The molecule has 1 N–H and O–H groups in total. The van der Waals surface area contributed by atoms with Crippen molar-refractivity contribution < 1.29 is 22.1 Å². The molecule has 8 heteroatoms. The van der Waals surface area contributed by atoms with Gasteiger partial charge >= 0.3 is 16.1 Å². The lowest BCUT2D eigenvalue weighted by Gasteiger charge is -2.29. The normalized spacial score (nSPS) is 11.8. The summed E-state index contributed by atoms with van der Waals surface area (Å²) in [7, 11) is -2.48. The molecule has 0 aromatic heterocycles. The molecule has 0 unspecified atom stereocenters. The van der Waals surface area contributed by atoms with Gasteiger partial charge in [-0.15, -0.1) is 0 Å². The lowest BCUT2D eigenvalue weighted by atomic mass is 10.1. The minimum atomic E-state index is -3.99. The number of methoxy groups -OCH3 is 1. The fourth-order valence-corrected chi connectivity index (χ4v) is 3.82. The van der Waals surface area contributed by atoms with Crippen molar-refractivity contribution >= 4 is 16.1 Å². The van der Waals surface area contributed by atoms with Crippen molar-refractivity contribution in [1.82, 2.24) is 10.2 Å². The molecule has 2 aromatic rings. The summed E-state index contributed by atoms with van der Waals surface area (Å²) in [5.41, 5.74) is 0.413. The van der Waals surface area contributed by atoms with Crippen LogP contribution in [0, 0.1) is 5.92 Å². The van der Waals surface area contributed by atoms with Crippen LogP contribution < -0.4 is 14.2 Å². The monoisotopic (exact) mass is 448 g/mol. The minimum absolute atomic E-state index is 0.0321. The van der Waals surface area contributed by atoms with Crippen LogP contribution in [0.2, 0.25) is 0 Å². The summed E-state index contributed by atoms with van der Waals surface area (Å²) in [6, 6.07) is 12.6. The molecule has 0 atom stereocenters. The van der Waals surface area contributed by atoms with E-state index in [1.807, 2.05) is 40.7 Å². The first-order valence-electron chi connectivity index (χ1n) is 10.1. The van der Waals surface area contributed by atoms with Crippen molar-refractivity contribution in [3.8, 4) is 11.5 Å². The Labute approximate surface area is 185 Å². The summed E-state index contributed by atoms with van der Waals surface area (Å²) in [5.74, 6) is 1.02. The second-order valence-electron chi connectivity index (χ2n) is 8.81. The molecule has 0 aliphatic rings. The van der Waals surface area contributed by atoms with Crippen LogP contribution in [0.3, 0.4) is 0 Å². The van der Waals surface area contributed by atoms with Crippen LogP contribution in [0.5, 0.6) is 11.5 Å². The highest BCUT2D eigenvalue weighted by Gasteiger charge is 2.21. The molecule has 0 fully saturated rings. The van der Waals surface area contributed by atoms with Crippen molar-refractivity contribution in [1.29, 1.82) is 0 Å². The number of benzene rings is 2. The number of ether oxygens (including phenoxy) is 1. The number of amides is 2. The first kappa shape index (κ1) is 24.5. The van der Waals surface area contributed by atoms with Crippen molar-refractivity contribution in [2.24, 2.45) is 5.92 Å². The van der Waals surface area contributed by atoms with Gasteiger partial charge in [-0.2, -0.15) is 8.42 Å². The Hall–Kier alpha value is -2.74. The molecule has 31 heavy (non-hydrogen) atoms. The van der Waals surface area contributed by atoms with E-state index in [1.54, 1.807) is 35.2 Å². The Morgan fingerprint density at radius 1 is 1.06 bits per heavy atom. The predicted octanol–water partition coefficient (Wildman–Crippen LogP) is 4.43. The van der Waals surface area contributed by atoms with E-state index in [-0.39, 0.29) is 28.1 Å². The first-order valence-corrected chi connectivity index (χ1v) is 11.5. The fourth-order valence-electron chi connectivity index (χ4n) is 2.89. The highest BCUT2D eigenvalue weighted by Crippen LogP contribution is 2.22. The van der Waals surface area contributed by atoms with Crippen LogP contribution in [0.1, 0.15) is 40.2 Å². The van der Waals surface area contributed by atoms with Crippen molar-refractivity contribution in [3.63, 3.8) is 0 Å². The zero-order valence-electron chi connectivity index (χ0n) is 19.0. The standard InChI is InChI=1S/C23H32N2O5S/c1-17(2)15-25(22(26)24-23(3,4)5)16-18-8-7-9-20(14-18)30-31(27,28)21-12-10-19(29-6)11-13-21/h7-14,17H,15-16H2,1-6H3,(H,24,26). The van der Waals surface area contributed by atoms with E-state index in [1.165, 1.54) is 19.2 Å². The van der Waals surface area contributed by atoms with E-state index in [9.17, 15) is 13.2 Å². The van der Waals surface area contributed by atoms with Crippen molar-refractivity contribution in [2.75, 3.05) is 13.7 Å². The zero-order chi connectivity index (χ0) is 23.2. The SMILES string of the molecule is COc1ccc(S(=O)(=O)Oc2cccc(CN(CC(C)C)C(=O)NC(C)(C)C)c2)cc1. The van der Waals surface area contributed by atoms with E-state index < -0.39 is 10.1 Å². The van der Waals surface area contributed by atoms with Gasteiger partial charge in [0.15, 0.2) is 0 Å². The Bertz CT molecular complexity index is 980. The Kier molecular flexibility index (Phi) is 7.95. The summed E-state index contributed by atoms with van der Waals surface area (Å²) in [6.45, 7) is 10.8. The molecule has 0 saturated carbocycles. The Morgan fingerprint density at radius 3 is 2.26 bits per heavy atom. The molecule has 0 saturated heterocycles. The van der Waals surface area contributed by atoms with Gasteiger partial charge in [-0.3, -0.25) is 0 Å². The van der Waals surface area contributed by atoms with Gasteiger partial charge in [-0.1, -0.05) is 26.0 Å². The van der Waals surface area contributed by atoms with E-state index in [2.05, 4.69) is 5.32 Å². The molecule has 0 bridgehead atoms. The summed E-state index contributed by atoms with van der Waals surface area (Å²) < 4.78 is 35.6. The molecule has 0 aliphatic heterocycles. The number of urea groups is 1. The average molecular weight is 449 g/mol. The lowest BCUT2D eigenvalue weighted by Crippen LogP contribution is -2.49. The molecule has 0 spiro atoms. The molecule has 2 rings (SSSR count). The van der Waals surface area contributed by atoms with Crippen LogP contribution >= 0.6 is 0 Å². The molecule has 0 heterocycles. The zero-order valence-corrected chi connectivity index (χ0v) is 19.8. The molecular weight excluding hydrogens is 416 g/mol. The molecule has 2 aromatic carbocycles. The maximum Gasteiger partial charge on any atom is 0.339 e. The average Bonchev–Trinajstić information content (AvgIpc) is 2.66. The van der Waals surface area contributed by atoms with E-state index in [0.29, 0.717) is 18.8 Å². The smallest absolute Gasteiger partial charge is 0.339 e. The van der Waals surface area contributed by atoms with Gasteiger partial charge in [0.2, 0.25) is 0 Å². The van der Waals surface area contributed by atoms with Gasteiger partial charge in [-0.05, 0) is 68.7 Å². The molecule has 170 valence electrons. The van der Waals surface area contributed by atoms with Gasteiger partial charge in [0.1, 0.15) is 16.4 Å². The number of nitrogens with one attached hydrogen (secondary N) is 1. The van der Waals surface area contributed by atoms with Crippen LogP contribution in [0.25, 0.3) is 0 Å². The third-order valence-corrected chi connectivity index (χ3v) is 5.44. The van der Waals surface area contributed by atoms with Gasteiger partial charge in [-0.25, -0.2) is 4.79 Å². The highest BCUT2D eigenvalue weighted by molar-refractivity contribution is 7.87. The quantitative estimate of drug-likeness (QED) is 0.604. The number of hydrogen-bond acceptors (Lipinski definition) is 5. The number of carbonyl (C=O) groups is 1. The van der Waals surface area contributed by atoms with Crippen LogP contribution in [0.15, 0.2) is 53.4 Å². The van der Waals surface area contributed by atoms with Crippen molar-refractivity contribution in [2.45, 2.75) is 51.6 Å². The molecule has 0 aliphatic carbocycles. The highest BCUT2D eigenvalue weighted by atomic mass is 32.2. The van der Waals surface area contributed by atoms with Gasteiger partial charge < -0.3 is 19.1 Å². The van der Waals surface area contributed by atoms with Gasteiger partial charge in [0.25, 0.3) is 0 Å². The lowest BCUT2D eigenvalue weighted by molar-refractivity contribution is 0.179. The maximum absolute atomic E-state index is 12.7. The maximum atomic E-state index is 12.7. The fraction of sp³-hybridized carbons (Fsp3) is 0.435. The van der Waals surface area contributed by atoms with E-state index in [0.717, 1.165) is 5.56 Å². The topological polar surface area (TPSA) is 84.9 Å². The first-order chi connectivity index (χ1) is 14.4. The predicted molar refractivity (Wildman–Crippen MR) is 121 cm³/mol. The summed E-state index contributed by atoms with van der Waals surface area (Å²) in [6.07, 6.45) is 0. The largest absolute Gasteiger partial charge is 0.497 e. The van der Waals surface area contributed by atoms with Gasteiger partial charge in [0.05, 0.1) is 7.11 Å². The van der Waals surface area contributed by atoms with Crippen molar-refractivity contribution in [3.05, 3.63) is 54.1 Å². The van der Waals surface area contributed by atoms with Crippen LogP contribution in [-0.4, -0.2) is 38.5 Å². The number of nitrogens with zero attached hydrogens (tertiary/aromatic N) is 1. The third kappa shape index (κ3) is 7.79. The molecule has 7 nitrogen and oxygen atoms in total. The second-order valence-corrected chi connectivity index (χ2v) is 10.4. The van der Waals surface area contributed by atoms with Crippen LogP contribution in [0.4, 0.5) is 4.79 Å². The Morgan fingerprint density at radius 2 is 1.71 bits per heavy atom. The second kappa shape index (κ2) is 10.0. The molecule has 2 amide bonds. The van der Waals surface area contributed by atoms with Crippen LogP contribution in [-0.2, 0) is 16.7 Å². The molecular formula is C23H32N2O5S. The number of hydrogen-bond donors (Lipinski definition) is 1. The summed E-state index contributed by atoms with van der Waals surface area (Å²) in [5, 5.41) is 2.98.